The Kier molecular flexibility index (Phi) is 3.30. The van der Waals surface area contributed by atoms with Gasteiger partial charge in [0.25, 0.3) is 0 Å². The van der Waals surface area contributed by atoms with Gasteiger partial charge < -0.3 is 21.1 Å². The molecule has 2 rings (SSSR count). The highest BCUT2D eigenvalue weighted by molar-refractivity contribution is 6.13. The highest BCUT2D eigenvalue weighted by Gasteiger charge is 2.20. The molecule has 0 aliphatic carbocycles. The van der Waals surface area contributed by atoms with Gasteiger partial charge in [0.1, 0.15) is 11.5 Å². The molecule has 0 aromatic heterocycles. The Bertz CT molecular complexity index is 709. The Balaban J connectivity index is 2.58. The highest BCUT2D eigenvalue weighted by atomic mass is 16.4. The average Bonchev–Trinajstić information content (AvgIpc) is 2.38. The molecule has 0 heterocycles. The summed E-state index contributed by atoms with van der Waals surface area (Å²) in [5, 5.41) is 28.3. The molecule has 102 valence electrons. The normalized spacial score (nSPS) is 10.2. The lowest BCUT2D eigenvalue weighted by molar-refractivity contribution is 0.0698. The number of phenolic OH excluding ortho intramolecular Hbond substituents is 2. The molecule has 0 spiro atoms. The summed E-state index contributed by atoms with van der Waals surface area (Å²) in [4.78, 5) is 23.2. The molecular formula is C14H11NO5. The molecular weight excluding hydrogens is 262 g/mol. The summed E-state index contributed by atoms with van der Waals surface area (Å²) in [6.45, 7) is 0. The van der Waals surface area contributed by atoms with Crippen LogP contribution in [0.25, 0.3) is 0 Å². The van der Waals surface area contributed by atoms with Crippen molar-refractivity contribution in [3.8, 4) is 11.5 Å². The molecule has 20 heavy (non-hydrogen) atoms. The number of phenols is 2. The first kappa shape index (κ1) is 13.4. The zero-order valence-corrected chi connectivity index (χ0v) is 10.2. The molecule has 6 nitrogen and oxygen atoms in total. The van der Waals surface area contributed by atoms with Crippen molar-refractivity contribution in [1.82, 2.24) is 0 Å². The maximum atomic E-state index is 12.2. The van der Waals surface area contributed by atoms with Crippen LogP contribution in [0.2, 0.25) is 0 Å². The molecule has 2 aromatic carbocycles. The Morgan fingerprint density at radius 3 is 2.15 bits per heavy atom. The van der Waals surface area contributed by atoms with Crippen molar-refractivity contribution >= 4 is 17.4 Å². The Labute approximate surface area is 113 Å². The van der Waals surface area contributed by atoms with E-state index in [2.05, 4.69) is 0 Å². The fraction of sp³-hybridized carbons (Fsp3) is 0. The second kappa shape index (κ2) is 4.93. The fourth-order valence-corrected chi connectivity index (χ4v) is 1.78. The fourth-order valence-electron chi connectivity index (χ4n) is 1.78. The van der Waals surface area contributed by atoms with Gasteiger partial charge >= 0.3 is 5.97 Å². The molecule has 2 aromatic rings. The van der Waals surface area contributed by atoms with E-state index in [0.717, 1.165) is 12.1 Å². The number of nitrogens with two attached hydrogens (primary N) is 1. The lowest BCUT2D eigenvalue weighted by atomic mass is 9.98. The van der Waals surface area contributed by atoms with Crippen LogP contribution in [0.5, 0.6) is 11.5 Å². The summed E-state index contributed by atoms with van der Waals surface area (Å²) in [6, 6.07) is 7.75. The smallest absolute Gasteiger partial charge is 0.337 e. The van der Waals surface area contributed by atoms with Crippen molar-refractivity contribution in [2.45, 2.75) is 0 Å². The van der Waals surface area contributed by atoms with Crippen LogP contribution < -0.4 is 5.73 Å². The lowest BCUT2D eigenvalue weighted by Crippen LogP contribution is -2.08. The van der Waals surface area contributed by atoms with Gasteiger partial charge in [-0.2, -0.15) is 0 Å². The zero-order chi connectivity index (χ0) is 14.9. The molecule has 0 amide bonds. The van der Waals surface area contributed by atoms with Crippen molar-refractivity contribution in [3.63, 3.8) is 0 Å². The largest absolute Gasteiger partial charge is 0.507 e. The summed E-state index contributed by atoms with van der Waals surface area (Å²) in [7, 11) is 0. The number of rotatable bonds is 3. The van der Waals surface area contributed by atoms with E-state index in [1.54, 1.807) is 6.07 Å². The second-order valence-electron chi connectivity index (χ2n) is 4.11. The first-order chi connectivity index (χ1) is 9.41. The molecule has 0 saturated heterocycles. The molecule has 0 bridgehead atoms. The van der Waals surface area contributed by atoms with Crippen LogP contribution in [0.1, 0.15) is 26.3 Å². The number of ketones is 1. The van der Waals surface area contributed by atoms with Crippen molar-refractivity contribution in [2.75, 3.05) is 5.73 Å². The minimum absolute atomic E-state index is 0.0380. The predicted molar refractivity (Wildman–Crippen MR) is 71.0 cm³/mol. The third-order valence-electron chi connectivity index (χ3n) is 2.79. The van der Waals surface area contributed by atoms with Crippen LogP contribution in [-0.2, 0) is 0 Å². The summed E-state index contributed by atoms with van der Waals surface area (Å²) >= 11 is 0. The van der Waals surface area contributed by atoms with Gasteiger partial charge in [-0.15, -0.1) is 0 Å². The van der Waals surface area contributed by atoms with Gasteiger partial charge in [0.05, 0.1) is 16.7 Å². The van der Waals surface area contributed by atoms with E-state index in [4.69, 9.17) is 10.8 Å². The van der Waals surface area contributed by atoms with Crippen LogP contribution in [-0.4, -0.2) is 27.1 Å². The van der Waals surface area contributed by atoms with Gasteiger partial charge in [0, 0.05) is 11.8 Å². The number of carboxylic acids is 1. The first-order valence-corrected chi connectivity index (χ1v) is 5.60. The Morgan fingerprint density at radius 1 is 0.900 bits per heavy atom. The van der Waals surface area contributed by atoms with Gasteiger partial charge in [-0.25, -0.2) is 4.79 Å². The number of para-hydroxylation sites is 1. The van der Waals surface area contributed by atoms with Gasteiger partial charge in [0.15, 0.2) is 5.78 Å². The van der Waals surface area contributed by atoms with Crippen molar-refractivity contribution in [2.24, 2.45) is 0 Å². The van der Waals surface area contributed by atoms with Gasteiger partial charge in [-0.1, -0.05) is 12.1 Å². The number of carbonyl (C=O) groups excluding carboxylic acids is 1. The molecule has 0 aliphatic rings. The van der Waals surface area contributed by atoms with E-state index in [9.17, 15) is 19.8 Å². The molecule has 0 unspecified atom stereocenters. The van der Waals surface area contributed by atoms with E-state index in [0.29, 0.717) is 0 Å². The van der Waals surface area contributed by atoms with Gasteiger partial charge in [-0.05, 0) is 18.2 Å². The minimum atomic E-state index is -1.31. The van der Waals surface area contributed by atoms with Crippen molar-refractivity contribution in [3.05, 3.63) is 53.1 Å². The van der Waals surface area contributed by atoms with Crippen molar-refractivity contribution < 1.29 is 24.9 Å². The van der Waals surface area contributed by atoms with E-state index in [1.165, 1.54) is 18.2 Å². The molecule has 0 aliphatic heterocycles. The topological polar surface area (TPSA) is 121 Å². The monoisotopic (exact) mass is 273 g/mol. The molecule has 5 N–H and O–H groups in total. The zero-order valence-electron chi connectivity index (χ0n) is 10.2. The molecule has 0 radical (unpaired) electrons. The number of anilines is 1. The van der Waals surface area contributed by atoms with Crippen LogP contribution in [0.4, 0.5) is 5.69 Å². The third-order valence-corrected chi connectivity index (χ3v) is 2.79. The maximum absolute atomic E-state index is 12.2. The molecule has 0 atom stereocenters. The average molecular weight is 273 g/mol. The number of carbonyl (C=O) groups is 2. The Morgan fingerprint density at radius 2 is 1.55 bits per heavy atom. The van der Waals surface area contributed by atoms with Crippen LogP contribution in [0.3, 0.4) is 0 Å². The molecule has 0 saturated carbocycles. The van der Waals surface area contributed by atoms with E-state index < -0.39 is 17.5 Å². The number of nitrogen functional groups attached to an aromatic ring is 1. The van der Waals surface area contributed by atoms with Crippen LogP contribution >= 0.6 is 0 Å². The lowest BCUT2D eigenvalue weighted by Gasteiger charge is -2.08. The molecule has 6 heteroatoms. The standard InChI is InChI=1S/C14H11NO5/c15-10-6-12(17)9(5-8(10)14(19)20)13(18)7-3-1-2-4-11(7)16/h1-6,16-17H,15H2,(H,19,20). The number of aromatic carboxylic acids is 1. The van der Waals surface area contributed by atoms with E-state index >= 15 is 0 Å². The summed E-state index contributed by atoms with van der Waals surface area (Å²) in [5.41, 5.74) is 4.74. The molecule has 0 fully saturated rings. The maximum Gasteiger partial charge on any atom is 0.337 e. The van der Waals surface area contributed by atoms with E-state index in [1.807, 2.05) is 0 Å². The number of benzene rings is 2. The van der Waals surface area contributed by atoms with Gasteiger partial charge in [-0.3, -0.25) is 4.79 Å². The SMILES string of the molecule is Nc1cc(O)c(C(=O)c2ccccc2O)cc1C(=O)O. The number of carboxylic acid groups (broad SMARTS) is 1. The van der Waals surface area contributed by atoms with Crippen LogP contribution in [0.15, 0.2) is 36.4 Å². The summed E-state index contributed by atoms with van der Waals surface area (Å²) in [5.74, 6) is -2.71. The predicted octanol–water partition coefficient (Wildman–Crippen LogP) is 1.61. The summed E-state index contributed by atoms with van der Waals surface area (Å²) in [6.07, 6.45) is 0. The third kappa shape index (κ3) is 2.26. The minimum Gasteiger partial charge on any atom is -0.507 e. The van der Waals surface area contributed by atoms with Crippen LogP contribution in [0, 0.1) is 0 Å². The quantitative estimate of drug-likeness (QED) is 0.498. The number of hydrogen-bond donors (Lipinski definition) is 4. The van der Waals surface area contributed by atoms with Gasteiger partial charge in [0.2, 0.25) is 0 Å². The first-order valence-electron chi connectivity index (χ1n) is 5.60. The second-order valence-corrected chi connectivity index (χ2v) is 4.11. The number of hydrogen-bond acceptors (Lipinski definition) is 5. The van der Waals surface area contributed by atoms with Crippen molar-refractivity contribution in [1.29, 1.82) is 0 Å². The van der Waals surface area contributed by atoms with E-state index in [-0.39, 0.29) is 28.1 Å². The Hall–Kier alpha value is -3.02. The highest BCUT2D eigenvalue weighted by Crippen LogP contribution is 2.29. The summed E-state index contributed by atoms with van der Waals surface area (Å²) < 4.78 is 0. The number of aromatic hydroxyl groups is 2.